The van der Waals surface area contributed by atoms with Gasteiger partial charge in [-0.25, -0.2) is 4.79 Å². The van der Waals surface area contributed by atoms with Gasteiger partial charge in [0.25, 0.3) is 0 Å². The van der Waals surface area contributed by atoms with Crippen molar-refractivity contribution in [1.29, 1.82) is 0 Å². The van der Waals surface area contributed by atoms with Crippen molar-refractivity contribution in [3.05, 3.63) is 44.8 Å². The Morgan fingerprint density at radius 1 is 1.47 bits per heavy atom. The Morgan fingerprint density at radius 2 is 2.29 bits per heavy atom. The number of anilines is 1. The van der Waals surface area contributed by atoms with E-state index in [1.807, 2.05) is 6.07 Å². The summed E-state index contributed by atoms with van der Waals surface area (Å²) in [4.78, 5) is 16.2. The summed E-state index contributed by atoms with van der Waals surface area (Å²) in [6, 6.07) is 5.31. The molecule has 0 saturated heterocycles. The number of ether oxygens (including phenoxy) is 1. The van der Waals surface area contributed by atoms with E-state index in [0.29, 0.717) is 16.3 Å². The highest BCUT2D eigenvalue weighted by Crippen LogP contribution is 2.20. The van der Waals surface area contributed by atoms with Crippen molar-refractivity contribution < 1.29 is 9.53 Å². The van der Waals surface area contributed by atoms with Crippen molar-refractivity contribution in [1.82, 2.24) is 4.98 Å². The summed E-state index contributed by atoms with van der Waals surface area (Å²) in [5.74, 6) is -0.415. The van der Waals surface area contributed by atoms with Gasteiger partial charge >= 0.3 is 5.97 Å². The molecule has 0 atom stereocenters. The van der Waals surface area contributed by atoms with Crippen LogP contribution in [-0.2, 0) is 11.3 Å². The first kappa shape index (κ1) is 12.1. The first-order chi connectivity index (χ1) is 8.16. The molecule has 0 aromatic carbocycles. The molecule has 2 aromatic heterocycles. The molecule has 2 heterocycles. The Labute approximate surface area is 111 Å². The van der Waals surface area contributed by atoms with Crippen LogP contribution in [-0.4, -0.2) is 11.0 Å². The fourth-order valence-electron chi connectivity index (χ4n) is 1.18. The summed E-state index contributed by atoms with van der Waals surface area (Å²) in [5, 5.41) is 1.75. The van der Waals surface area contributed by atoms with Crippen LogP contribution in [0.1, 0.15) is 15.4 Å². The molecule has 0 unspecified atom stereocenters. The molecule has 6 heteroatoms. The van der Waals surface area contributed by atoms with Gasteiger partial charge in [-0.1, -0.05) is 0 Å². The Morgan fingerprint density at radius 3 is 2.88 bits per heavy atom. The number of carbonyl (C=O) groups is 1. The first-order valence-electron chi connectivity index (χ1n) is 4.77. The topological polar surface area (TPSA) is 65.2 Å². The molecule has 0 aliphatic rings. The quantitative estimate of drug-likeness (QED) is 0.885. The predicted octanol–water partition coefficient (Wildman–Crippen LogP) is 2.84. The summed E-state index contributed by atoms with van der Waals surface area (Å²) in [5.41, 5.74) is 6.76. The third-order valence-corrected chi connectivity index (χ3v) is 3.40. The van der Waals surface area contributed by atoms with E-state index >= 15 is 0 Å². The SMILES string of the molecule is Nc1ccsc1C(=O)OCc1ccc(Br)cn1. The minimum Gasteiger partial charge on any atom is -0.455 e. The van der Waals surface area contributed by atoms with Crippen molar-refractivity contribution in [3.63, 3.8) is 0 Å². The third kappa shape index (κ3) is 3.04. The lowest BCUT2D eigenvalue weighted by atomic mass is 10.3. The maximum absolute atomic E-state index is 11.6. The number of hydrogen-bond donors (Lipinski definition) is 1. The molecule has 0 fully saturated rings. The van der Waals surface area contributed by atoms with Gasteiger partial charge in [-0.3, -0.25) is 4.98 Å². The van der Waals surface area contributed by atoms with Crippen LogP contribution in [0.2, 0.25) is 0 Å². The van der Waals surface area contributed by atoms with Gasteiger partial charge in [0.05, 0.1) is 11.4 Å². The molecule has 17 heavy (non-hydrogen) atoms. The number of aromatic nitrogens is 1. The highest BCUT2D eigenvalue weighted by molar-refractivity contribution is 9.10. The van der Waals surface area contributed by atoms with Crippen molar-refractivity contribution in [3.8, 4) is 0 Å². The number of carbonyl (C=O) groups excluding carboxylic acids is 1. The first-order valence-corrected chi connectivity index (χ1v) is 6.44. The molecule has 4 nitrogen and oxygen atoms in total. The van der Waals surface area contributed by atoms with Gasteiger partial charge in [0, 0.05) is 10.7 Å². The Balaban J connectivity index is 1.97. The van der Waals surface area contributed by atoms with Crippen LogP contribution >= 0.6 is 27.3 Å². The number of nitrogens with two attached hydrogens (primary N) is 1. The molecule has 2 N–H and O–H groups in total. The standard InChI is InChI=1S/C11H9BrN2O2S/c12-7-1-2-8(14-5-7)6-16-11(15)10-9(13)3-4-17-10/h1-5H,6,13H2. The minimum absolute atomic E-state index is 0.142. The number of nitrogens with zero attached hydrogens (tertiary/aromatic N) is 1. The van der Waals surface area contributed by atoms with Gasteiger partial charge < -0.3 is 10.5 Å². The number of thiophene rings is 1. The third-order valence-electron chi connectivity index (χ3n) is 2.02. The highest BCUT2D eigenvalue weighted by atomic mass is 79.9. The lowest BCUT2D eigenvalue weighted by Gasteiger charge is -2.03. The zero-order valence-electron chi connectivity index (χ0n) is 8.72. The van der Waals surface area contributed by atoms with Crippen LogP contribution in [0.25, 0.3) is 0 Å². The summed E-state index contributed by atoms with van der Waals surface area (Å²) < 4.78 is 5.99. The lowest BCUT2D eigenvalue weighted by molar-refractivity contribution is 0.0474. The second-order valence-electron chi connectivity index (χ2n) is 3.25. The van der Waals surface area contributed by atoms with Gasteiger partial charge in [0.2, 0.25) is 0 Å². The molecular weight excluding hydrogens is 304 g/mol. The molecule has 2 rings (SSSR count). The number of pyridine rings is 1. The summed E-state index contributed by atoms with van der Waals surface area (Å²) >= 11 is 4.55. The van der Waals surface area contributed by atoms with Crippen LogP contribution < -0.4 is 5.73 Å². The fourth-order valence-corrected chi connectivity index (χ4v) is 2.13. The smallest absolute Gasteiger partial charge is 0.350 e. The molecule has 0 spiro atoms. The lowest BCUT2D eigenvalue weighted by Crippen LogP contribution is -2.06. The van der Waals surface area contributed by atoms with Gasteiger partial charge in [-0.15, -0.1) is 11.3 Å². The van der Waals surface area contributed by atoms with Crippen LogP contribution in [0.4, 0.5) is 5.69 Å². The normalized spacial score (nSPS) is 10.2. The largest absolute Gasteiger partial charge is 0.455 e. The molecule has 88 valence electrons. The molecular formula is C11H9BrN2O2S. The number of hydrogen-bond acceptors (Lipinski definition) is 5. The molecule has 0 saturated carbocycles. The molecule has 0 amide bonds. The van der Waals surface area contributed by atoms with E-state index < -0.39 is 5.97 Å². The molecule has 2 aromatic rings. The second-order valence-corrected chi connectivity index (χ2v) is 5.08. The predicted molar refractivity (Wildman–Crippen MR) is 69.8 cm³/mol. The van der Waals surface area contributed by atoms with Crippen molar-refractivity contribution in [2.75, 3.05) is 5.73 Å². The van der Waals surface area contributed by atoms with Gasteiger partial charge in [0.1, 0.15) is 11.5 Å². The number of rotatable bonds is 3. The van der Waals surface area contributed by atoms with E-state index in [9.17, 15) is 4.79 Å². The second kappa shape index (κ2) is 5.29. The molecule has 0 bridgehead atoms. The van der Waals surface area contributed by atoms with Crippen molar-refractivity contribution in [2.45, 2.75) is 6.61 Å². The average Bonchev–Trinajstić information content (AvgIpc) is 2.74. The Kier molecular flexibility index (Phi) is 3.75. The molecule has 0 radical (unpaired) electrons. The Bertz CT molecular complexity index is 525. The highest BCUT2D eigenvalue weighted by Gasteiger charge is 2.12. The van der Waals surface area contributed by atoms with Gasteiger partial charge in [-0.2, -0.15) is 0 Å². The molecule has 0 aliphatic carbocycles. The van der Waals surface area contributed by atoms with Gasteiger partial charge in [-0.05, 0) is 39.5 Å². The van der Waals surface area contributed by atoms with Crippen LogP contribution in [0.5, 0.6) is 0 Å². The number of esters is 1. The van der Waals surface area contributed by atoms with E-state index in [4.69, 9.17) is 10.5 Å². The van der Waals surface area contributed by atoms with Crippen molar-refractivity contribution >= 4 is 38.9 Å². The monoisotopic (exact) mass is 312 g/mol. The Hall–Kier alpha value is -1.40. The summed E-state index contributed by atoms with van der Waals surface area (Å²) in [6.07, 6.45) is 1.66. The zero-order chi connectivity index (χ0) is 12.3. The zero-order valence-corrected chi connectivity index (χ0v) is 11.1. The van der Waals surface area contributed by atoms with Crippen LogP contribution in [0.3, 0.4) is 0 Å². The van der Waals surface area contributed by atoms with Gasteiger partial charge in [0.15, 0.2) is 0 Å². The number of halogens is 1. The average molecular weight is 313 g/mol. The van der Waals surface area contributed by atoms with E-state index in [-0.39, 0.29) is 6.61 Å². The van der Waals surface area contributed by atoms with Crippen LogP contribution in [0, 0.1) is 0 Å². The summed E-state index contributed by atoms with van der Waals surface area (Å²) in [7, 11) is 0. The summed E-state index contributed by atoms with van der Waals surface area (Å²) in [6.45, 7) is 0.142. The molecule has 0 aliphatic heterocycles. The van der Waals surface area contributed by atoms with E-state index in [0.717, 1.165) is 4.47 Å². The van der Waals surface area contributed by atoms with Crippen LogP contribution in [0.15, 0.2) is 34.2 Å². The fraction of sp³-hybridized carbons (Fsp3) is 0.0909. The minimum atomic E-state index is -0.415. The van der Waals surface area contributed by atoms with Crippen molar-refractivity contribution in [2.24, 2.45) is 0 Å². The maximum atomic E-state index is 11.6. The van der Waals surface area contributed by atoms with E-state index in [2.05, 4.69) is 20.9 Å². The van der Waals surface area contributed by atoms with E-state index in [1.165, 1.54) is 11.3 Å². The number of nitrogen functional groups attached to an aromatic ring is 1. The van der Waals surface area contributed by atoms with E-state index in [1.54, 1.807) is 23.7 Å². The maximum Gasteiger partial charge on any atom is 0.350 e.